The van der Waals surface area contributed by atoms with Crippen LogP contribution in [-0.2, 0) is 20.9 Å². The number of ketones is 1. The van der Waals surface area contributed by atoms with Crippen LogP contribution in [0.3, 0.4) is 0 Å². The van der Waals surface area contributed by atoms with Gasteiger partial charge in [0.15, 0.2) is 0 Å². The molecule has 0 spiro atoms. The summed E-state index contributed by atoms with van der Waals surface area (Å²) in [4.78, 5) is 22.5. The number of carbonyl (C=O) groups excluding carboxylic acids is 2. The third kappa shape index (κ3) is 4.82. The Morgan fingerprint density at radius 3 is 2.56 bits per heavy atom. The molecule has 4 heteroatoms. The molecule has 1 N–H and O–H groups in total. The fourth-order valence-electron chi connectivity index (χ4n) is 1.35. The van der Waals surface area contributed by atoms with E-state index in [2.05, 4.69) is 10.1 Å². The molecule has 0 radical (unpaired) electrons. The monoisotopic (exact) mass is 247 g/mol. The Bertz CT molecular complexity index is 438. The SMILES string of the molecule is CCOC(=O)C(=O)C=C(C)NCc1ccccc1. The van der Waals surface area contributed by atoms with E-state index in [1.54, 1.807) is 13.8 Å². The highest BCUT2D eigenvalue weighted by molar-refractivity contribution is 6.38. The molecule has 1 aromatic carbocycles. The minimum atomic E-state index is -0.821. The fourth-order valence-corrected chi connectivity index (χ4v) is 1.35. The number of hydrogen-bond donors (Lipinski definition) is 1. The van der Waals surface area contributed by atoms with Crippen LogP contribution in [-0.4, -0.2) is 18.4 Å². The summed E-state index contributed by atoms with van der Waals surface area (Å²) in [6.45, 7) is 4.21. The molecular weight excluding hydrogens is 230 g/mol. The molecule has 0 aliphatic carbocycles. The maximum absolute atomic E-state index is 11.4. The van der Waals surface area contributed by atoms with Crippen LogP contribution in [0.25, 0.3) is 0 Å². The average molecular weight is 247 g/mol. The first-order chi connectivity index (χ1) is 8.63. The highest BCUT2D eigenvalue weighted by Gasteiger charge is 2.11. The molecule has 0 bridgehead atoms. The van der Waals surface area contributed by atoms with Crippen molar-refractivity contribution in [2.75, 3.05) is 6.61 Å². The maximum atomic E-state index is 11.4. The number of ether oxygens (including phenoxy) is 1. The lowest BCUT2D eigenvalue weighted by Gasteiger charge is -2.06. The Morgan fingerprint density at radius 1 is 1.28 bits per heavy atom. The van der Waals surface area contributed by atoms with E-state index in [1.807, 2.05) is 30.3 Å². The van der Waals surface area contributed by atoms with Gasteiger partial charge in [-0.25, -0.2) is 4.79 Å². The molecule has 18 heavy (non-hydrogen) atoms. The molecule has 4 nitrogen and oxygen atoms in total. The van der Waals surface area contributed by atoms with Gasteiger partial charge >= 0.3 is 5.97 Å². The first kappa shape index (κ1) is 14.0. The van der Waals surface area contributed by atoms with Crippen molar-refractivity contribution >= 4 is 11.8 Å². The number of allylic oxidation sites excluding steroid dienone is 1. The molecule has 0 saturated heterocycles. The number of nitrogens with one attached hydrogen (secondary N) is 1. The molecule has 1 aromatic rings. The van der Waals surface area contributed by atoms with E-state index in [0.29, 0.717) is 12.2 Å². The van der Waals surface area contributed by atoms with Crippen molar-refractivity contribution < 1.29 is 14.3 Å². The lowest BCUT2D eigenvalue weighted by molar-refractivity contribution is -0.151. The molecular formula is C14H17NO3. The summed E-state index contributed by atoms with van der Waals surface area (Å²) in [5.74, 6) is -1.46. The fraction of sp³-hybridized carbons (Fsp3) is 0.286. The molecule has 0 aliphatic rings. The van der Waals surface area contributed by atoms with E-state index in [1.165, 1.54) is 6.08 Å². The number of esters is 1. The summed E-state index contributed by atoms with van der Waals surface area (Å²) in [5.41, 5.74) is 1.74. The van der Waals surface area contributed by atoms with E-state index < -0.39 is 11.8 Å². The second kappa shape index (κ2) is 7.27. The number of hydrogen-bond acceptors (Lipinski definition) is 4. The van der Waals surface area contributed by atoms with Crippen LogP contribution in [0.5, 0.6) is 0 Å². The van der Waals surface area contributed by atoms with Crippen molar-refractivity contribution in [3.63, 3.8) is 0 Å². The normalized spacial score (nSPS) is 10.9. The third-order valence-corrected chi connectivity index (χ3v) is 2.24. The molecule has 0 atom stereocenters. The first-order valence-electron chi connectivity index (χ1n) is 5.80. The van der Waals surface area contributed by atoms with Crippen molar-refractivity contribution in [1.82, 2.24) is 5.32 Å². The second-order valence-electron chi connectivity index (χ2n) is 3.75. The molecule has 0 aliphatic heterocycles. The van der Waals surface area contributed by atoms with Gasteiger partial charge in [0.1, 0.15) is 0 Å². The van der Waals surface area contributed by atoms with E-state index in [0.717, 1.165) is 5.56 Å². The van der Waals surface area contributed by atoms with E-state index in [-0.39, 0.29) is 6.61 Å². The Kier molecular flexibility index (Phi) is 5.64. The second-order valence-corrected chi connectivity index (χ2v) is 3.75. The van der Waals surface area contributed by atoms with Gasteiger partial charge in [-0.1, -0.05) is 30.3 Å². The van der Waals surface area contributed by atoms with Crippen molar-refractivity contribution in [3.8, 4) is 0 Å². The number of benzene rings is 1. The molecule has 96 valence electrons. The van der Waals surface area contributed by atoms with Crippen LogP contribution in [0.4, 0.5) is 0 Å². The minimum Gasteiger partial charge on any atom is -0.460 e. The maximum Gasteiger partial charge on any atom is 0.379 e. The van der Waals surface area contributed by atoms with E-state index in [4.69, 9.17) is 0 Å². The summed E-state index contributed by atoms with van der Waals surface area (Å²) >= 11 is 0. The van der Waals surface area contributed by atoms with Gasteiger partial charge in [0.25, 0.3) is 5.78 Å². The predicted octanol–water partition coefficient (Wildman–Crippen LogP) is 1.81. The van der Waals surface area contributed by atoms with Crippen LogP contribution < -0.4 is 5.32 Å². The predicted molar refractivity (Wildman–Crippen MR) is 68.7 cm³/mol. The zero-order chi connectivity index (χ0) is 13.4. The quantitative estimate of drug-likeness (QED) is 0.473. The van der Waals surface area contributed by atoms with Crippen LogP contribution in [0.15, 0.2) is 42.1 Å². The summed E-state index contributed by atoms with van der Waals surface area (Å²) in [6.07, 6.45) is 1.25. The Morgan fingerprint density at radius 2 is 1.94 bits per heavy atom. The third-order valence-electron chi connectivity index (χ3n) is 2.24. The summed E-state index contributed by atoms with van der Waals surface area (Å²) in [6, 6.07) is 9.79. The van der Waals surface area contributed by atoms with E-state index >= 15 is 0 Å². The van der Waals surface area contributed by atoms with Gasteiger partial charge in [0.05, 0.1) is 6.61 Å². The molecule has 1 rings (SSSR count). The number of carbonyl (C=O) groups is 2. The van der Waals surface area contributed by atoms with Gasteiger partial charge in [-0.3, -0.25) is 4.79 Å². The Labute approximate surface area is 107 Å². The Hall–Kier alpha value is -2.10. The van der Waals surface area contributed by atoms with Gasteiger partial charge in [-0.05, 0) is 19.4 Å². The lowest BCUT2D eigenvalue weighted by atomic mass is 10.2. The Balaban J connectivity index is 2.47. The standard InChI is InChI=1S/C14H17NO3/c1-3-18-14(17)13(16)9-11(2)15-10-12-7-5-4-6-8-12/h4-9,15H,3,10H2,1-2H3. The van der Waals surface area contributed by atoms with Crippen molar-refractivity contribution in [2.45, 2.75) is 20.4 Å². The molecule has 0 saturated carbocycles. The van der Waals surface area contributed by atoms with Gasteiger partial charge in [-0.15, -0.1) is 0 Å². The average Bonchev–Trinajstić information content (AvgIpc) is 2.38. The van der Waals surface area contributed by atoms with Crippen LogP contribution in [0.2, 0.25) is 0 Å². The zero-order valence-corrected chi connectivity index (χ0v) is 10.6. The largest absolute Gasteiger partial charge is 0.460 e. The minimum absolute atomic E-state index is 0.203. The number of rotatable bonds is 6. The van der Waals surface area contributed by atoms with Crippen molar-refractivity contribution in [1.29, 1.82) is 0 Å². The van der Waals surface area contributed by atoms with Crippen LogP contribution >= 0.6 is 0 Å². The molecule has 0 fully saturated rings. The van der Waals surface area contributed by atoms with Gasteiger partial charge in [0, 0.05) is 18.3 Å². The molecule has 0 amide bonds. The summed E-state index contributed by atoms with van der Waals surface area (Å²) < 4.78 is 4.61. The van der Waals surface area contributed by atoms with Crippen molar-refractivity contribution in [2.24, 2.45) is 0 Å². The smallest absolute Gasteiger partial charge is 0.379 e. The molecule has 0 heterocycles. The van der Waals surface area contributed by atoms with Gasteiger partial charge in [-0.2, -0.15) is 0 Å². The van der Waals surface area contributed by atoms with Crippen LogP contribution in [0, 0.1) is 0 Å². The zero-order valence-electron chi connectivity index (χ0n) is 10.6. The topological polar surface area (TPSA) is 55.4 Å². The summed E-state index contributed by atoms with van der Waals surface area (Å²) in [5, 5.41) is 3.06. The highest BCUT2D eigenvalue weighted by atomic mass is 16.5. The van der Waals surface area contributed by atoms with Crippen molar-refractivity contribution in [3.05, 3.63) is 47.7 Å². The molecule has 0 unspecified atom stereocenters. The summed E-state index contributed by atoms with van der Waals surface area (Å²) in [7, 11) is 0. The lowest BCUT2D eigenvalue weighted by Crippen LogP contribution is -2.18. The van der Waals surface area contributed by atoms with Gasteiger partial charge < -0.3 is 10.1 Å². The van der Waals surface area contributed by atoms with E-state index in [9.17, 15) is 9.59 Å². The molecule has 0 aromatic heterocycles. The van der Waals surface area contributed by atoms with Gasteiger partial charge in [0.2, 0.25) is 0 Å². The highest BCUT2D eigenvalue weighted by Crippen LogP contribution is 1.99. The van der Waals surface area contributed by atoms with Crippen LogP contribution in [0.1, 0.15) is 19.4 Å². The first-order valence-corrected chi connectivity index (χ1v) is 5.80.